The lowest BCUT2D eigenvalue weighted by Crippen LogP contribution is -2.15. The van der Waals surface area contributed by atoms with Crippen LogP contribution in [-0.4, -0.2) is 40.7 Å². The number of hydrogen-bond donors (Lipinski definition) is 3. The Hall–Kier alpha value is -3.97. The van der Waals surface area contributed by atoms with Gasteiger partial charge in [-0.05, 0) is 68.5 Å². The molecular weight excluding hydrogens is 419 g/mol. The highest BCUT2D eigenvalue weighted by Gasteiger charge is 2.22. The van der Waals surface area contributed by atoms with E-state index < -0.39 is 11.7 Å². The Morgan fingerprint density at radius 3 is 2.45 bits per heavy atom. The minimum Gasteiger partial charge on any atom is -0.494 e. The quantitative estimate of drug-likeness (QED) is 0.378. The van der Waals surface area contributed by atoms with Crippen LogP contribution in [0.15, 0.2) is 65.7 Å². The summed E-state index contributed by atoms with van der Waals surface area (Å²) in [6, 6.07) is 17.2. The molecule has 33 heavy (non-hydrogen) atoms. The molecular formula is C26H25FN4O2. The van der Waals surface area contributed by atoms with Gasteiger partial charge in [0.15, 0.2) is 5.88 Å². The summed E-state index contributed by atoms with van der Waals surface area (Å²) in [6.07, 6.45) is 0. The van der Waals surface area contributed by atoms with Gasteiger partial charge < -0.3 is 20.7 Å². The zero-order valence-electron chi connectivity index (χ0n) is 18.7. The summed E-state index contributed by atoms with van der Waals surface area (Å²) in [5.41, 5.74) is 10.3. The third kappa shape index (κ3) is 4.49. The number of nitrogens with one attached hydrogen (secondary N) is 1. The lowest BCUT2D eigenvalue weighted by atomic mass is 9.93. The van der Waals surface area contributed by atoms with Gasteiger partial charge in [-0.3, -0.25) is 4.79 Å². The highest BCUT2D eigenvalue weighted by molar-refractivity contribution is 6.23. The number of benzene rings is 3. The Balaban J connectivity index is 1.95. The number of H-pyrrole nitrogens is 1. The van der Waals surface area contributed by atoms with Gasteiger partial charge in [0.05, 0.1) is 22.5 Å². The van der Waals surface area contributed by atoms with Gasteiger partial charge in [-0.2, -0.15) is 0 Å². The van der Waals surface area contributed by atoms with E-state index in [-0.39, 0.29) is 5.88 Å². The van der Waals surface area contributed by atoms with Crippen LogP contribution in [0.2, 0.25) is 0 Å². The summed E-state index contributed by atoms with van der Waals surface area (Å²) in [5.74, 6) is -1.11. The molecule has 6 nitrogen and oxygen atoms in total. The number of aromatic nitrogens is 1. The Kier molecular flexibility index (Phi) is 5.98. The third-order valence-electron chi connectivity index (χ3n) is 5.51. The van der Waals surface area contributed by atoms with E-state index in [4.69, 9.17) is 10.7 Å². The first-order chi connectivity index (χ1) is 15.7. The lowest BCUT2D eigenvalue weighted by Gasteiger charge is -2.13. The summed E-state index contributed by atoms with van der Waals surface area (Å²) < 4.78 is 13.8. The minimum atomic E-state index is -0.549. The van der Waals surface area contributed by atoms with Crippen molar-refractivity contribution in [2.24, 2.45) is 10.7 Å². The highest BCUT2D eigenvalue weighted by Crippen LogP contribution is 2.33. The number of aromatic amines is 1. The molecule has 1 heterocycles. The maximum Gasteiger partial charge on any atom is 0.248 e. The average molecular weight is 445 g/mol. The van der Waals surface area contributed by atoms with Crippen molar-refractivity contribution >= 4 is 28.2 Å². The topological polar surface area (TPSA) is 94.7 Å². The second kappa shape index (κ2) is 8.88. The van der Waals surface area contributed by atoms with Gasteiger partial charge in [0.1, 0.15) is 5.82 Å². The third-order valence-corrected chi connectivity index (χ3v) is 5.51. The van der Waals surface area contributed by atoms with Gasteiger partial charge in [-0.25, -0.2) is 9.38 Å². The largest absolute Gasteiger partial charge is 0.494 e. The monoisotopic (exact) mass is 444 g/mol. The molecule has 0 aliphatic heterocycles. The number of carbonyl (C=O) groups excluding carboxylic acids is 1. The molecule has 4 N–H and O–H groups in total. The summed E-state index contributed by atoms with van der Waals surface area (Å²) >= 11 is 0. The van der Waals surface area contributed by atoms with E-state index in [1.165, 1.54) is 12.1 Å². The maximum atomic E-state index is 13.8. The zero-order chi connectivity index (χ0) is 23.7. The summed E-state index contributed by atoms with van der Waals surface area (Å²) in [4.78, 5) is 21.7. The molecule has 4 rings (SSSR count). The first-order valence-corrected chi connectivity index (χ1v) is 10.5. The van der Waals surface area contributed by atoms with Gasteiger partial charge in [-0.1, -0.05) is 24.3 Å². The van der Waals surface area contributed by atoms with Crippen LogP contribution in [0.4, 0.5) is 10.1 Å². The predicted molar refractivity (Wildman–Crippen MR) is 129 cm³/mol. The van der Waals surface area contributed by atoms with Crippen molar-refractivity contribution in [3.05, 3.63) is 94.3 Å². The number of amides is 1. The predicted octanol–water partition coefficient (Wildman–Crippen LogP) is 4.65. The smallest absolute Gasteiger partial charge is 0.248 e. The van der Waals surface area contributed by atoms with Crippen molar-refractivity contribution < 1.29 is 14.3 Å². The molecule has 3 aromatic carbocycles. The fraction of sp³-hybridized carbons (Fsp3) is 0.154. The molecule has 0 unspecified atom stereocenters. The molecule has 0 fully saturated rings. The molecule has 0 spiro atoms. The summed E-state index contributed by atoms with van der Waals surface area (Å²) in [7, 11) is 4.00. The number of aromatic hydroxyl groups is 1. The Bertz CT molecular complexity index is 1370. The molecule has 7 heteroatoms. The first kappa shape index (κ1) is 22.2. The zero-order valence-corrected chi connectivity index (χ0v) is 18.7. The van der Waals surface area contributed by atoms with Crippen molar-refractivity contribution in [1.82, 2.24) is 9.88 Å². The average Bonchev–Trinajstić information content (AvgIpc) is 3.07. The van der Waals surface area contributed by atoms with Crippen LogP contribution in [0.1, 0.15) is 32.6 Å². The van der Waals surface area contributed by atoms with Gasteiger partial charge >= 0.3 is 0 Å². The molecule has 1 aromatic heterocycles. The van der Waals surface area contributed by atoms with Crippen molar-refractivity contribution in [1.29, 1.82) is 0 Å². The van der Waals surface area contributed by atoms with Crippen molar-refractivity contribution in [3.63, 3.8) is 0 Å². The number of carbonyl (C=O) groups is 1. The van der Waals surface area contributed by atoms with E-state index in [9.17, 15) is 14.3 Å². The fourth-order valence-electron chi connectivity index (χ4n) is 3.98. The van der Waals surface area contributed by atoms with E-state index >= 15 is 0 Å². The maximum absolute atomic E-state index is 13.8. The van der Waals surface area contributed by atoms with Crippen LogP contribution in [0.25, 0.3) is 10.9 Å². The van der Waals surface area contributed by atoms with Gasteiger partial charge in [0, 0.05) is 23.1 Å². The molecule has 0 saturated carbocycles. The second-order valence-corrected chi connectivity index (χ2v) is 8.25. The van der Waals surface area contributed by atoms with Gasteiger partial charge in [0.2, 0.25) is 5.91 Å². The lowest BCUT2D eigenvalue weighted by molar-refractivity contribution is 0.0999. The van der Waals surface area contributed by atoms with E-state index in [0.717, 1.165) is 12.1 Å². The second-order valence-electron chi connectivity index (χ2n) is 8.25. The number of rotatable bonds is 6. The van der Waals surface area contributed by atoms with Gasteiger partial charge in [-0.15, -0.1) is 0 Å². The molecule has 1 amide bonds. The molecule has 0 bridgehead atoms. The number of halogens is 1. The number of nitrogens with two attached hydrogens (primary N) is 1. The molecule has 0 aliphatic carbocycles. The Morgan fingerprint density at radius 1 is 1.09 bits per heavy atom. The first-order valence-electron chi connectivity index (χ1n) is 10.5. The standard InChI is InChI=1S/C26H25FN4O2/c1-15-19(5-4-6-20(15)25(28)32)24(29-18-10-7-16(8-11-18)14-31(2)3)23-21-12-9-17(27)13-22(21)30-26(23)33/h4-13,30,33H,14H2,1-3H3,(H2,28,32). The van der Waals surface area contributed by atoms with Crippen molar-refractivity contribution in [2.75, 3.05) is 14.1 Å². The fourth-order valence-corrected chi connectivity index (χ4v) is 3.98. The number of nitrogens with zero attached hydrogens (tertiary/aromatic N) is 2. The van der Waals surface area contributed by atoms with Crippen LogP contribution in [-0.2, 0) is 6.54 Å². The molecule has 0 atom stereocenters. The molecule has 168 valence electrons. The van der Waals surface area contributed by atoms with E-state index in [1.54, 1.807) is 25.1 Å². The molecule has 4 aromatic rings. The van der Waals surface area contributed by atoms with Gasteiger partial charge in [0.25, 0.3) is 0 Å². The van der Waals surface area contributed by atoms with Crippen molar-refractivity contribution in [3.8, 4) is 5.88 Å². The van der Waals surface area contributed by atoms with E-state index in [1.807, 2.05) is 44.4 Å². The molecule has 0 radical (unpaired) electrons. The number of primary amides is 1. The van der Waals surface area contributed by atoms with E-state index in [2.05, 4.69) is 9.88 Å². The van der Waals surface area contributed by atoms with Crippen LogP contribution < -0.4 is 5.73 Å². The minimum absolute atomic E-state index is 0.137. The van der Waals surface area contributed by atoms with Crippen LogP contribution in [0.5, 0.6) is 5.88 Å². The van der Waals surface area contributed by atoms with E-state index in [0.29, 0.717) is 44.6 Å². The van der Waals surface area contributed by atoms with Crippen molar-refractivity contribution in [2.45, 2.75) is 13.5 Å². The van der Waals surface area contributed by atoms with Crippen LogP contribution in [0.3, 0.4) is 0 Å². The highest BCUT2D eigenvalue weighted by atomic mass is 19.1. The summed E-state index contributed by atoms with van der Waals surface area (Å²) in [6.45, 7) is 2.59. The number of hydrogen-bond acceptors (Lipinski definition) is 4. The molecule has 0 aliphatic rings. The number of aliphatic imine (C=N–C) groups is 1. The number of fused-ring (bicyclic) bond motifs is 1. The molecule has 0 saturated heterocycles. The SMILES string of the molecule is Cc1c(C(N)=O)cccc1C(=Nc1ccc(CN(C)C)cc1)c1c(O)[nH]c2cc(F)ccc12. The normalized spacial score (nSPS) is 12.0. The van der Waals surface area contributed by atoms with Crippen LogP contribution >= 0.6 is 0 Å². The van der Waals surface area contributed by atoms with Crippen LogP contribution in [0, 0.1) is 12.7 Å². The Labute approximate surface area is 191 Å². The Morgan fingerprint density at radius 2 is 1.79 bits per heavy atom. The summed E-state index contributed by atoms with van der Waals surface area (Å²) in [5, 5.41) is 11.4.